The van der Waals surface area contributed by atoms with E-state index < -0.39 is 11.8 Å². The van der Waals surface area contributed by atoms with E-state index in [0.717, 1.165) is 22.9 Å². The Bertz CT molecular complexity index is 2220. The molecule has 0 bridgehead atoms. The average Bonchev–Trinajstić information content (AvgIpc) is 3.54. The molecule has 5 aromatic carbocycles. The third-order valence-electron chi connectivity index (χ3n) is 8.15. The highest BCUT2D eigenvalue weighted by Gasteiger charge is 2.19. The first kappa shape index (κ1) is 38.5. The van der Waals surface area contributed by atoms with Crippen LogP contribution in [-0.2, 0) is 18.0 Å². The van der Waals surface area contributed by atoms with Gasteiger partial charge in [0.25, 0.3) is 0 Å². The summed E-state index contributed by atoms with van der Waals surface area (Å²) in [7, 11) is 0. The van der Waals surface area contributed by atoms with Gasteiger partial charge in [0, 0.05) is 34.1 Å². The van der Waals surface area contributed by atoms with Crippen LogP contribution in [0, 0.1) is 12.7 Å². The molecule has 10 heteroatoms. The summed E-state index contributed by atoms with van der Waals surface area (Å²) in [4.78, 5) is 34.7. The van der Waals surface area contributed by atoms with Gasteiger partial charge in [-0.15, -0.1) is 0 Å². The Kier molecular flexibility index (Phi) is 13.2. The molecule has 0 fully saturated rings. The molecule has 7 nitrogen and oxygen atoms in total. The highest BCUT2D eigenvalue weighted by atomic mass is 35.5. The van der Waals surface area contributed by atoms with Crippen LogP contribution in [0.1, 0.15) is 57.3 Å². The van der Waals surface area contributed by atoms with E-state index in [1.54, 1.807) is 41.0 Å². The Labute approximate surface area is 317 Å². The molecule has 0 amide bonds. The second kappa shape index (κ2) is 18.2. The molecule has 6 rings (SSSR count). The minimum Gasteiger partial charge on any atom is -0.488 e. The molecule has 1 aromatic heterocycles. The maximum absolute atomic E-state index is 14.8. The Balaban J connectivity index is 0.000000217. The summed E-state index contributed by atoms with van der Waals surface area (Å²) >= 11 is 12.2. The van der Waals surface area contributed by atoms with Gasteiger partial charge in [0.15, 0.2) is 5.78 Å². The molecule has 0 aliphatic heterocycles. The molecular formula is C43H36Cl2FNO6. The van der Waals surface area contributed by atoms with E-state index in [2.05, 4.69) is 0 Å². The van der Waals surface area contributed by atoms with E-state index in [0.29, 0.717) is 51.6 Å². The first-order valence-electron chi connectivity index (χ1n) is 16.7. The number of aromatic carboxylic acids is 1. The predicted octanol–water partition coefficient (Wildman–Crippen LogP) is 11.0. The first-order valence-corrected chi connectivity index (χ1v) is 17.4. The number of Topliss-reactive ketones (excluding diaryl/α,β-unsaturated/α-hetero) is 2. The Morgan fingerprint density at radius 1 is 0.698 bits per heavy atom. The lowest BCUT2D eigenvalue weighted by atomic mass is 10.0. The van der Waals surface area contributed by atoms with Crippen molar-refractivity contribution in [3.05, 3.63) is 171 Å². The van der Waals surface area contributed by atoms with Crippen LogP contribution in [0.2, 0.25) is 10.0 Å². The number of nitrogens with zero attached hydrogens (tertiary/aromatic N) is 1. The molecule has 270 valence electrons. The van der Waals surface area contributed by atoms with Crippen LogP contribution < -0.4 is 9.47 Å². The number of ether oxygens (including phenoxy) is 2. The van der Waals surface area contributed by atoms with Gasteiger partial charge in [-0.25, -0.2) is 9.18 Å². The van der Waals surface area contributed by atoms with Gasteiger partial charge in [0.1, 0.15) is 36.3 Å². The monoisotopic (exact) mass is 751 g/mol. The lowest BCUT2D eigenvalue weighted by Gasteiger charge is -2.17. The van der Waals surface area contributed by atoms with E-state index in [1.165, 1.54) is 19.1 Å². The standard InChI is InChI=1S/C25H19ClFNO3.C18H17ClO3/c1-16-7-11-22(28(16)23-13-18(25(29)30)8-10-21(23)27)20-14-19(26)9-12-24(20)31-15-17-5-3-2-4-6-17;1-13(20)7-9-17(21)16-11-15(19)8-10-18(16)22-12-14-5-3-2-4-6-14/h2-14H,15H2,1H3,(H,29,30);2-6,8,10-11H,7,9,12H2,1H3. The van der Waals surface area contributed by atoms with Crippen molar-refractivity contribution in [2.24, 2.45) is 0 Å². The highest BCUT2D eigenvalue weighted by molar-refractivity contribution is 6.31. The summed E-state index contributed by atoms with van der Waals surface area (Å²) in [6, 6.07) is 37.1. The minimum absolute atomic E-state index is 0.00194. The molecule has 0 radical (unpaired) electrons. The number of aryl methyl sites for hydroxylation is 1. The topological polar surface area (TPSA) is 94.8 Å². The second-order valence-corrected chi connectivity index (χ2v) is 13.0. The van der Waals surface area contributed by atoms with Crippen LogP contribution in [0.3, 0.4) is 0 Å². The number of carboxylic acid groups (broad SMARTS) is 1. The van der Waals surface area contributed by atoms with E-state index >= 15 is 0 Å². The number of hydrogen-bond donors (Lipinski definition) is 1. The number of hydrogen-bond acceptors (Lipinski definition) is 5. The smallest absolute Gasteiger partial charge is 0.335 e. The fraction of sp³-hybridized carbons (Fsp3) is 0.140. The van der Waals surface area contributed by atoms with E-state index in [1.807, 2.05) is 79.7 Å². The average molecular weight is 753 g/mol. The molecule has 53 heavy (non-hydrogen) atoms. The van der Waals surface area contributed by atoms with Crippen molar-refractivity contribution in [2.45, 2.75) is 39.9 Å². The van der Waals surface area contributed by atoms with Crippen molar-refractivity contribution < 1.29 is 33.4 Å². The zero-order valence-corrected chi connectivity index (χ0v) is 30.5. The fourth-order valence-electron chi connectivity index (χ4n) is 5.45. The van der Waals surface area contributed by atoms with Gasteiger partial charge >= 0.3 is 5.97 Å². The van der Waals surface area contributed by atoms with Gasteiger partial charge in [-0.1, -0.05) is 83.9 Å². The number of rotatable bonds is 13. The summed E-state index contributed by atoms with van der Waals surface area (Å²) in [6.45, 7) is 4.02. The number of aromatic nitrogens is 1. The van der Waals surface area contributed by atoms with Crippen LogP contribution in [0.5, 0.6) is 11.5 Å². The Morgan fingerprint density at radius 3 is 1.89 bits per heavy atom. The molecule has 1 N–H and O–H groups in total. The van der Waals surface area contributed by atoms with E-state index in [9.17, 15) is 23.9 Å². The SMILES string of the molecule is CC(=O)CCC(=O)c1cc(Cl)ccc1OCc1ccccc1.Cc1ccc(-c2cc(Cl)ccc2OCc2ccccc2)n1-c1cc(C(=O)O)ccc1F. The molecule has 0 aliphatic rings. The van der Waals surface area contributed by atoms with Gasteiger partial charge in [-0.2, -0.15) is 0 Å². The molecular weight excluding hydrogens is 716 g/mol. The highest BCUT2D eigenvalue weighted by Crippen LogP contribution is 2.37. The van der Waals surface area contributed by atoms with Crippen LogP contribution in [0.25, 0.3) is 16.9 Å². The first-order chi connectivity index (χ1) is 25.5. The second-order valence-electron chi connectivity index (χ2n) is 12.1. The van der Waals surface area contributed by atoms with E-state index in [4.69, 9.17) is 32.7 Å². The quantitative estimate of drug-likeness (QED) is 0.118. The number of carbonyl (C=O) groups is 3. The summed E-state index contributed by atoms with van der Waals surface area (Å²) in [5, 5.41) is 10.3. The predicted molar refractivity (Wildman–Crippen MR) is 205 cm³/mol. The van der Waals surface area contributed by atoms with Crippen LogP contribution in [0.15, 0.2) is 127 Å². The number of carboxylic acids is 1. The maximum Gasteiger partial charge on any atom is 0.335 e. The van der Waals surface area contributed by atoms with Crippen molar-refractivity contribution in [1.82, 2.24) is 4.57 Å². The molecule has 0 saturated carbocycles. The lowest BCUT2D eigenvalue weighted by molar-refractivity contribution is -0.117. The fourth-order valence-corrected chi connectivity index (χ4v) is 5.80. The third kappa shape index (κ3) is 10.4. The Hall–Kier alpha value is -5.70. The maximum atomic E-state index is 14.8. The number of halogens is 3. The van der Waals surface area contributed by atoms with Crippen molar-refractivity contribution >= 4 is 40.7 Å². The van der Waals surface area contributed by atoms with Gasteiger partial charge < -0.3 is 23.9 Å². The molecule has 6 aromatic rings. The third-order valence-corrected chi connectivity index (χ3v) is 8.62. The summed E-state index contributed by atoms with van der Waals surface area (Å²) in [5.74, 6) is -0.728. The van der Waals surface area contributed by atoms with Crippen LogP contribution in [0.4, 0.5) is 4.39 Å². The number of carbonyl (C=O) groups excluding carboxylic acids is 2. The van der Waals surface area contributed by atoms with Crippen molar-refractivity contribution in [3.8, 4) is 28.4 Å². The van der Waals surface area contributed by atoms with Crippen LogP contribution in [-0.4, -0.2) is 27.2 Å². The molecule has 0 saturated heterocycles. The normalized spacial score (nSPS) is 10.6. The zero-order valence-electron chi connectivity index (χ0n) is 29.0. The molecule has 0 spiro atoms. The molecule has 1 heterocycles. The van der Waals surface area contributed by atoms with Crippen LogP contribution >= 0.6 is 23.2 Å². The lowest BCUT2D eigenvalue weighted by Crippen LogP contribution is -2.06. The molecule has 0 aliphatic carbocycles. The van der Waals surface area contributed by atoms with Gasteiger partial charge in [0.05, 0.1) is 22.5 Å². The van der Waals surface area contributed by atoms with Crippen molar-refractivity contribution in [1.29, 1.82) is 0 Å². The van der Waals surface area contributed by atoms with Crippen molar-refractivity contribution in [3.63, 3.8) is 0 Å². The minimum atomic E-state index is -1.12. The summed E-state index contributed by atoms with van der Waals surface area (Å²) < 4.78 is 28.2. The van der Waals surface area contributed by atoms with Crippen molar-refractivity contribution in [2.75, 3.05) is 0 Å². The number of ketones is 2. The van der Waals surface area contributed by atoms with Gasteiger partial charge in [-0.05, 0) is 91.7 Å². The summed E-state index contributed by atoms with van der Waals surface area (Å²) in [5.41, 5.74) is 4.65. The molecule has 0 unspecified atom stereocenters. The largest absolute Gasteiger partial charge is 0.488 e. The Morgan fingerprint density at radius 2 is 1.28 bits per heavy atom. The van der Waals surface area contributed by atoms with Gasteiger partial charge in [-0.3, -0.25) is 4.79 Å². The van der Waals surface area contributed by atoms with E-state index in [-0.39, 0.29) is 35.7 Å². The zero-order chi connectivity index (χ0) is 37.9. The summed E-state index contributed by atoms with van der Waals surface area (Å²) in [6.07, 6.45) is 0.390. The molecule has 0 atom stereocenters. The number of benzene rings is 5. The van der Waals surface area contributed by atoms with Gasteiger partial charge in [0.2, 0.25) is 0 Å².